The standard InChI is InChI=1S/C13H15F3N2O/c14-10-7-9(1-2-11(10)17)18-12(19)8-3-5-13(15,16)6-4-8/h1-2,7-8H,3-6,17H2,(H,18,19). The van der Waals surface area contributed by atoms with Crippen LogP contribution in [0, 0.1) is 11.7 Å². The van der Waals surface area contributed by atoms with Gasteiger partial charge in [0.05, 0.1) is 5.69 Å². The number of nitrogens with one attached hydrogen (secondary N) is 1. The fraction of sp³-hybridized carbons (Fsp3) is 0.462. The molecule has 0 aromatic heterocycles. The number of anilines is 2. The summed E-state index contributed by atoms with van der Waals surface area (Å²) in [6.45, 7) is 0. The van der Waals surface area contributed by atoms with Gasteiger partial charge in [-0.1, -0.05) is 0 Å². The molecule has 6 heteroatoms. The average molecular weight is 272 g/mol. The quantitative estimate of drug-likeness (QED) is 0.812. The van der Waals surface area contributed by atoms with Crippen LogP contribution in [0.1, 0.15) is 25.7 Å². The molecule has 0 saturated heterocycles. The summed E-state index contributed by atoms with van der Waals surface area (Å²) in [6, 6.07) is 3.94. The maximum Gasteiger partial charge on any atom is 0.248 e. The Morgan fingerprint density at radius 3 is 2.53 bits per heavy atom. The zero-order chi connectivity index (χ0) is 14.0. The third-order valence-corrected chi connectivity index (χ3v) is 3.36. The van der Waals surface area contributed by atoms with Crippen molar-refractivity contribution < 1.29 is 18.0 Å². The lowest BCUT2D eigenvalue weighted by molar-refractivity contribution is -0.124. The predicted molar refractivity (Wildman–Crippen MR) is 66.3 cm³/mol. The minimum absolute atomic E-state index is 0.00434. The number of hydrogen-bond acceptors (Lipinski definition) is 2. The minimum Gasteiger partial charge on any atom is -0.396 e. The van der Waals surface area contributed by atoms with Crippen LogP contribution in [0.25, 0.3) is 0 Å². The fourth-order valence-corrected chi connectivity index (χ4v) is 2.15. The first-order chi connectivity index (χ1) is 8.87. The molecule has 0 radical (unpaired) electrons. The Kier molecular flexibility index (Phi) is 3.68. The Labute approximate surface area is 109 Å². The second kappa shape index (κ2) is 5.11. The molecular weight excluding hydrogens is 257 g/mol. The number of amides is 1. The zero-order valence-corrected chi connectivity index (χ0v) is 10.3. The molecule has 19 heavy (non-hydrogen) atoms. The van der Waals surface area contributed by atoms with Gasteiger partial charge in [0.15, 0.2) is 0 Å². The van der Waals surface area contributed by atoms with E-state index in [0.717, 1.165) is 6.07 Å². The Hall–Kier alpha value is -1.72. The van der Waals surface area contributed by atoms with Crippen LogP contribution in [0.3, 0.4) is 0 Å². The molecule has 104 valence electrons. The van der Waals surface area contributed by atoms with Gasteiger partial charge in [0.25, 0.3) is 0 Å². The van der Waals surface area contributed by atoms with Gasteiger partial charge in [-0.25, -0.2) is 13.2 Å². The van der Waals surface area contributed by atoms with Crippen LogP contribution >= 0.6 is 0 Å². The lowest BCUT2D eigenvalue weighted by Gasteiger charge is -2.27. The molecule has 1 fully saturated rings. The van der Waals surface area contributed by atoms with E-state index in [1.807, 2.05) is 0 Å². The van der Waals surface area contributed by atoms with E-state index in [0.29, 0.717) is 0 Å². The van der Waals surface area contributed by atoms with Gasteiger partial charge in [-0.15, -0.1) is 0 Å². The van der Waals surface area contributed by atoms with Crippen LogP contribution in [-0.2, 0) is 4.79 Å². The van der Waals surface area contributed by atoms with Gasteiger partial charge >= 0.3 is 0 Å². The highest BCUT2D eigenvalue weighted by atomic mass is 19.3. The minimum atomic E-state index is -2.66. The Morgan fingerprint density at radius 1 is 1.32 bits per heavy atom. The second-order valence-electron chi connectivity index (χ2n) is 4.86. The molecule has 0 spiro atoms. The largest absolute Gasteiger partial charge is 0.396 e. The van der Waals surface area contributed by atoms with Crippen molar-refractivity contribution in [3.05, 3.63) is 24.0 Å². The molecule has 0 atom stereocenters. The van der Waals surface area contributed by atoms with Crippen LogP contribution in [0.15, 0.2) is 18.2 Å². The van der Waals surface area contributed by atoms with Crippen LogP contribution in [-0.4, -0.2) is 11.8 Å². The van der Waals surface area contributed by atoms with Gasteiger partial charge in [-0.2, -0.15) is 0 Å². The molecule has 1 aromatic carbocycles. The highest BCUT2D eigenvalue weighted by Crippen LogP contribution is 2.36. The van der Waals surface area contributed by atoms with E-state index in [9.17, 15) is 18.0 Å². The Bertz CT molecular complexity index is 481. The number of alkyl halides is 2. The smallest absolute Gasteiger partial charge is 0.248 e. The van der Waals surface area contributed by atoms with E-state index in [1.54, 1.807) is 0 Å². The summed E-state index contributed by atoms with van der Waals surface area (Å²) in [5.74, 6) is -4.07. The molecule has 1 amide bonds. The first-order valence-corrected chi connectivity index (χ1v) is 6.11. The van der Waals surface area contributed by atoms with Crippen LogP contribution in [0.4, 0.5) is 24.5 Å². The Balaban J connectivity index is 1.96. The third kappa shape index (κ3) is 3.39. The molecule has 1 saturated carbocycles. The second-order valence-corrected chi connectivity index (χ2v) is 4.86. The molecule has 0 unspecified atom stereocenters. The fourth-order valence-electron chi connectivity index (χ4n) is 2.15. The highest BCUT2D eigenvalue weighted by Gasteiger charge is 2.37. The molecule has 1 aromatic rings. The van der Waals surface area contributed by atoms with E-state index < -0.39 is 17.7 Å². The summed E-state index contributed by atoms with van der Waals surface area (Å²) < 4.78 is 39.1. The molecule has 0 heterocycles. The summed E-state index contributed by atoms with van der Waals surface area (Å²) >= 11 is 0. The number of nitrogens with two attached hydrogens (primary N) is 1. The van der Waals surface area contributed by atoms with Crippen molar-refractivity contribution in [2.45, 2.75) is 31.6 Å². The van der Waals surface area contributed by atoms with Gasteiger partial charge < -0.3 is 11.1 Å². The molecule has 3 N–H and O–H groups in total. The van der Waals surface area contributed by atoms with E-state index in [1.165, 1.54) is 12.1 Å². The molecule has 3 nitrogen and oxygen atoms in total. The molecule has 1 aliphatic rings. The Morgan fingerprint density at radius 2 is 1.95 bits per heavy atom. The van der Waals surface area contributed by atoms with Crippen LogP contribution < -0.4 is 11.1 Å². The average Bonchev–Trinajstić information content (AvgIpc) is 2.33. The van der Waals surface area contributed by atoms with Gasteiger partial charge in [0, 0.05) is 24.4 Å². The molecular formula is C13H15F3N2O. The molecule has 0 aliphatic heterocycles. The normalized spacial score (nSPS) is 19.1. The number of carbonyl (C=O) groups is 1. The lowest BCUT2D eigenvalue weighted by atomic mass is 9.86. The number of hydrogen-bond donors (Lipinski definition) is 2. The van der Waals surface area contributed by atoms with Crippen molar-refractivity contribution >= 4 is 17.3 Å². The maximum absolute atomic E-state index is 13.2. The molecule has 1 aliphatic carbocycles. The van der Waals surface area contributed by atoms with Gasteiger partial charge in [-0.05, 0) is 31.0 Å². The van der Waals surface area contributed by atoms with Gasteiger partial charge in [-0.3, -0.25) is 4.79 Å². The zero-order valence-electron chi connectivity index (χ0n) is 10.3. The number of nitrogen functional groups attached to an aromatic ring is 1. The van der Waals surface area contributed by atoms with Crippen LogP contribution in [0.2, 0.25) is 0 Å². The topological polar surface area (TPSA) is 55.1 Å². The monoisotopic (exact) mass is 272 g/mol. The van der Waals surface area contributed by atoms with Gasteiger partial charge in [0.2, 0.25) is 11.8 Å². The van der Waals surface area contributed by atoms with E-state index in [4.69, 9.17) is 5.73 Å². The number of rotatable bonds is 2. The number of benzene rings is 1. The SMILES string of the molecule is Nc1ccc(NC(=O)C2CCC(F)(F)CC2)cc1F. The van der Waals surface area contributed by atoms with Crippen molar-refractivity contribution in [2.75, 3.05) is 11.1 Å². The van der Waals surface area contributed by atoms with E-state index in [2.05, 4.69) is 5.32 Å². The van der Waals surface area contributed by atoms with Crippen LogP contribution in [0.5, 0.6) is 0 Å². The lowest BCUT2D eigenvalue weighted by Crippen LogP contribution is -2.31. The van der Waals surface area contributed by atoms with Crippen molar-refractivity contribution in [1.29, 1.82) is 0 Å². The van der Waals surface area contributed by atoms with E-state index in [-0.39, 0.29) is 43.0 Å². The maximum atomic E-state index is 13.2. The predicted octanol–water partition coefficient (Wildman–Crippen LogP) is 3.17. The summed E-state index contributed by atoms with van der Waals surface area (Å²) in [4.78, 5) is 11.9. The van der Waals surface area contributed by atoms with E-state index >= 15 is 0 Å². The van der Waals surface area contributed by atoms with Crippen molar-refractivity contribution in [2.24, 2.45) is 5.92 Å². The van der Waals surface area contributed by atoms with Crippen molar-refractivity contribution in [1.82, 2.24) is 0 Å². The first kappa shape index (κ1) is 13.7. The molecule has 0 bridgehead atoms. The number of halogens is 3. The third-order valence-electron chi connectivity index (χ3n) is 3.36. The first-order valence-electron chi connectivity index (χ1n) is 6.11. The number of carbonyl (C=O) groups excluding carboxylic acids is 1. The summed E-state index contributed by atoms with van der Waals surface area (Å²) in [5, 5.41) is 2.53. The van der Waals surface area contributed by atoms with Gasteiger partial charge in [0.1, 0.15) is 5.82 Å². The summed E-state index contributed by atoms with van der Waals surface area (Å²) in [7, 11) is 0. The molecule has 2 rings (SSSR count). The van der Waals surface area contributed by atoms with Crippen molar-refractivity contribution in [3.63, 3.8) is 0 Å². The highest BCUT2D eigenvalue weighted by molar-refractivity contribution is 5.92. The summed E-state index contributed by atoms with van der Waals surface area (Å²) in [5.41, 5.74) is 5.60. The van der Waals surface area contributed by atoms with Crippen molar-refractivity contribution in [3.8, 4) is 0 Å². The summed E-state index contributed by atoms with van der Waals surface area (Å²) in [6.07, 6.45) is -0.255.